The molecule has 8 rings (SSSR count). The number of nitrogens with zero attached hydrogens (tertiary/aromatic N) is 2. The van der Waals surface area contributed by atoms with Crippen molar-refractivity contribution in [2.45, 2.75) is 80.7 Å². The Labute approximate surface area is 357 Å². The van der Waals surface area contributed by atoms with Crippen LogP contribution in [0, 0.1) is 6.92 Å². The van der Waals surface area contributed by atoms with E-state index in [0.717, 1.165) is 52.2 Å². The summed E-state index contributed by atoms with van der Waals surface area (Å²) in [6.07, 6.45) is 1.13. The van der Waals surface area contributed by atoms with Gasteiger partial charge in [-0.2, -0.15) is 4.72 Å². The van der Waals surface area contributed by atoms with Crippen molar-refractivity contribution in [3.8, 4) is 0 Å². The molecule has 5 aromatic rings. The molecule has 4 atom stereocenters. The number of aliphatic hydroxyl groups excluding tert-OH is 1. The van der Waals surface area contributed by atoms with E-state index in [1.165, 1.54) is 12.1 Å². The van der Waals surface area contributed by atoms with E-state index in [0.29, 0.717) is 32.5 Å². The third-order valence-corrected chi connectivity index (χ3v) is 13.6. The molecule has 13 heteroatoms. The number of anilines is 1. The summed E-state index contributed by atoms with van der Waals surface area (Å²) in [6, 6.07) is 40.4. The van der Waals surface area contributed by atoms with Gasteiger partial charge in [0.1, 0.15) is 11.6 Å². The van der Waals surface area contributed by atoms with Crippen molar-refractivity contribution < 1.29 is 32.6 Å². The van der Waals surface area contributed by atoms with Gasteiger partial charge in [0, 0.05) is 43.9 Å². The first-order chi connectivity index (χ1) is 29.6. The van der Waals surface area contributed by atoms with Gasteiger partial charge in [0.15, 0.2) is 6.29 Å². The molecule has 0 unspecified atom stereocenters. The lowest BCUT2D eigenvalue weighted by Gasteiger charge is -2.45. The fourth-order valence-electron chi connectivity index (χ4n) is 8.57. The summed E-state index contributed by atoms with van der Waals surface area (Å²) in [5.41, 5.74) is 5.69. The first-order valence-corrected chi connectivity index (χ1v) is 22.4. The average Bonchev–Trinajstić information content (AvgIpc) is 3.60. The Morgan fingerprint density at radius 2 is 1.46 bits per heavy atom. The van der Waals surface area contributed by atoms with Crippen LogP contribution in [-0.2, 0) is 48.7 Å². The van der Waals surface area contributed by atoms with Gasteiger partial charge < -0.3 is 35.0 Å². The maximum Gasteiger partial charge on any atom is 0.247 e. The van der Waals surface area contributed by atoms with Crippen LogP contribution in [0.1, 0.15) is 65.0 Å². The summed E-state index contributed by atoms with van der Waals surface area (Å²) in [5, 5.41) is 15.7. The van der Waals surface area contributed by atoms with Gasteiger partial charge in [0.05, 0.1) is 30.4 Å². The van der Waals surface area contributed by atoms with Crippen LogP contribution in [0.5, 0.6) is 0 Å². The molecule has 3 heterocycles. The molecule has 0 aliphatic carbocycles. The predicted molar refractivity (Wildman–Crippen MR) is 232 cm³/mol. The Balaban J connectivity index is 0.936. The molecule has 2 amide bonds. The number of para-hydroxylation sites is 1. The lowest BCUT2D eigenvalue weighted by molar-refractivity contribution is -0.253. The summed E-state index contributed by atoms with van der Waals surface area (Å²) in [7, 11) is -3.98. The molecule has 3 aliphatic rings. The van der Waals surface area contributed by atoms with Gasteiger partial charge >= 0.3 is 0 Å². The zero-order valence-electron chi connectivity index (χ0n) is 34.3. The third kappa shape index (κ3) is 9.88. The third-order valence-electron chi connectivity index (χ3n) is 12.1. The molecule has 0 aromatic heterocycles. The van der Waals surface area contributed by atoms with Gasteiger partial charge in [-0.15, -0.1) is 0 Å². The van der Waals surface area contributed by atoms with Crippen LogP contribution in [-0.4, -0.2) is 74.2 Å². The number of carbonyl (C=O) groups excluding carboxylic acids is 2. The van der Waals surface area contributed by atoms with Gasteiger partial charge in [-0.1, -0.05) is 115 Å². The molecule has 3 fully saturated rings. The Kier molecular flexibility index (Phi) is 13.0. The number of aliphatic hydroxyl groups is 1. The number of carbonyl (C=O) groups is 2. The Bertz CT molecular complexity index is 2360. The highest BCUT2D eigenvalue weighted by Crippen LogP contribution is 2.40. The number of sulfonamides is 1. The second-order valence-corrected chi connectivity index (χ2v) is 18.0. The van der Waals surface area contributed by atoms with Crippen LogP contribution in [0.2, 0.25) is 0 Å². The minimum atomic E-state index is -3.98. The Hall–Kier alpha value is -5.41. The SMILES string of the molecule is Cc1ccc(S(=O)(=O)N[C@H](Cc2ccccc2)C(=O)NCc2ccc([C@@H]3O[C@H](CN4CCC5(CC4)C(=O)NCN5c4ccccc4)C[C@H](c4ccc(CO)cc4)O3)cc2)cc1. The molecule has 5 aromatic carbocycles. The van der Waals surface area contributed by atoms with Crippen LogP contribution < -0.4 is 20.3 Å². The van der Waals surface area contributed by atoms with E-state index in [1.807, 2.05) is 104 Å². The summed E-state index contributed by atoms with van der Waals surface area (Å²) >= 11 is 0. The van der Waals surface area contributed by atoms with Crippen molar-refractivity contribution in [3.63, 3.8) is 0 Å². The molecule has 0 saturated carbocycles. The molecule has 3 saturated heterocycles. The summed E-state index contributed by atoms with van der Waals surface area (Å²) in [5.74, 6) is -0.354. The van der Waals surface area contributed by atoms with Gasteiger partial charge in [0.25, 0.3) is 0 Å². The number of likely N-dealkylation sites (tertiary alicyclic amines) is 1. The highest BCUT2D eigenvalue weighted by molar-refractivity contribution is 7.89. The molecular formula is C48H53N5O7S. The minimum Gasteiger partial charge on any atom is -0.392 e. The molecule has 0 radical (unpaired) electrons. The van der Waals surface area contributed by atoms with E-state index >= 15 is 0 Å². The number of hydrogen-bond donors (Lipinski definition) is 4. The lowest BCUT2D eigenvalue weighted by Crippen LogP contribution is -2.57. The second-order valence-electron chi connectivity index (χ2n) is 16.2. The van der Waals surface area contributed by atoms with Gasteiger partial charge in [-0.3, -0.25) is 9.59 Å². The Morgan fingerprint density at radius 1 is 0.820 bits per heavy atom. The van der Waals surface area contributed by atoms with E-state index in [1.54, 1.807) is 12.1 Å². The molecule has 4 N–H and O–H groups in total. The fraction of sp³-hybridized carbons (Fsp3) is 0.333. The van der Waals surface area contributed by atoms with E-state index in [9.17, 15) is 23.1 Å². The van der Waals surface area contributed by atoms with Crippen LogP contribution in [0.4, 0.5) is 5.69 Å². The molecule has 1 spiro atoms. The normalized spacial score (nSPS) is 20.9. The van der Waals surface area contributed by atoms with Gasteiger partial charge in [-0.05, 0) is 72.7 Å². The van der Waals surface area contributed by atoms with E-state index in [4.69, 9.17) is 9.47 Å². The zero-order valence-corrected chi connectivity index (χ0v) is 35.1. The number of piperidine rings is 1. The molecule has 0 bridgehead atoms. The number of ether oxygens (including phenoxy) is 2. The number of benzene rings is 5. The van der Waals surface area contributed by atoms with Crippen LogP contribution >= 0.6 is 0 Å². The largest absolute Gasteiger partial charge is 0.392 e. The molecular weight excluding hydrogens is 791 g/mol. The van der Waals surface area contributed by atoms with Crippen LogP contribution in [0.3, 0.4) is 0 Å². The monoisotopic (exact) mass is 843 g/mol. The minimum absolute atomic E-state index is 0.0418. The average molecular weight is 844 g/mol. The van der Waals surface area contributed by atoms with E-state index < -0.39 is 33.8 Å². The van der Waals surface area contributed by atoms with Crippen LogP contribution in [0.15, 0.2) is 138 Å². The topological polar surface area (TPSA) is 150 Å². The quantitative estimate of drug-likeness (QED) is 0.111. The molecule has 318 valence electrons. The highest BCUT2D eigenvalue weighted by atomic mass is 32.2. The van der Waals surface area contributed by atoms with Gasteiger partial charge in [-0.25, -0.2) is 8.42 Å². The zero-order chi connectivity index (χ0) is 42.4. The van der Waals surface area contributed by atoms with Crippen molar-refractivity contribution in [2.24, 2.45) is 0 Å². The first-order valence-electron chi connectivity index (χ1n) is 20.9. The fourth-order valence-corrected chi connectivity index (χ4v) is 9.77. The maximum atomic E-state index is 13.7. The second kappa shape index (κ2) is 18.7. The Morgan fingerprint density at radius 3 is 2.13 bits per heavy atom. The van der Waals surface area contributed by atoms with E-state index in [-0.39, 0.29) is 42.6 Å². The highest BCUT2D eigenvalue weighted by Gasteiger charge is 2.50. The number of nitrogens with one attached hydrogen (secondary N) is 3. The standard InChI is InChI=1S/C48H53N5O7S/c1-34-12-22-42(23-13-34)61(57,58)51-43(28-35-8-4-2-5-9-35)45(55)49-30-36-14-20-39(21-15-36)46-59-41(29-44(60-46)38-18-16-37(32-54)17-19-38)31-52-26-24-48(25-27-52)47(56)50-33-53(48)40-10-6-3-7-11-40/h2-23,41,43-44,46,51,54H,24-33H2,1H3,(H,49,55)(H,50,56)/t41-,43+,44+,46+/m0/s1. The van der Waals surface area contributed by atoms with Crippen molar-refractivity contribution in [3.05, 3.63) is 167 Å². The summed E-state index contributed by atoms with van der Waals surface area (Å²) < 4.78 is 42.7. The summed E-state index contributed by atoms with van der Waals surface area (Å²) in [6.45, 7) is 4.70. The lowest BCUT2D eigenvalue weighted by atomic mass is 9.85. The summed E-state index contributed by atoms with van der Waals surface area (Å²) in [4.78, 5) is 31.7. The van der Waals surface area contributed by atoms with E-state index in [2.05, 4.69) is 37.3 Å². The van der Waals surface area contributed by atoms with Crippen molar-refractivity contribution in [1.29, 1.82) is 0 Å². The molecule has 12 nitrogen and oxygen atoms in total. The van der Waals surface area contributed by atoms with Crippen molar-refractivity contribution in [1.82, 2.24) is 20.3 Å². The number of amides is 2. The first kappa shape index (κ1) is 42.3. The molecule has 61 heavy (non-hydrogen) atoms. The predicted octanol–water partition coefficient (Wildman–Crippen LogP) is 5.67. The number of hydrogen-bond acceptors (Lipinski definition) is 9. The van der Waals surface area contributed by atoms with Crippen LogP contribution in [0.25, 0.3) is 0 Å². The number of rotatable bonds is 14. The smallest absolute Gasteiger partial charge is 0.247 e. The van der Waals surface area contributed by atoms with Crippen molar-refractivity contribution in [2.75, 3.05) is 31.2 Å². The van der Waals surface area contributed by atoms with Gasteiger partial charge in [0.2, 0.25) is 21.8 Å². The van der Waals surface area contributed by atoms with Crippen molar-refractivity contribution >= 4 is 27.5 Å². The number of aryl methyl sites for hydroxylation is 1. The molecule has 3 aliphatic heterocycles. The maximum absolute atomic E-state index is 13.7.